The van der Waals surface area contributed by atoms with Gasteiger partial charge >= 0.3 is 0 Å². The van der Waals surface area contributed by atoms with Gasteiger partial charge in [0.2, 0.25) is 0 Å². The average molecular weight is 425 g/mol. The van der Waals surface area contributed by atoms with Crippen LogP contribution in [0.15, 0.2) is 53.6 Å². The second kappa shape index (κ2) is 7.98. The smallest absolute Gasteiger partial charge is 0.268 e. The molecule has 1 fully saturated rings. The van der Waals surface area contributed by atoms with Crippen molar-refractivity contribution in [3.63, 3.8) is 0 Å². The number of aromatic amines is 1. The Labute approximate surface area is 185 Å². The van der Waals surface area contributed by atoms with Gasteiger partial charge in [-0.15, -0.1) is 0 Å². The van der Waals surface area contributed by atoms with E-state index in [2.05, 4.69) is 52.5 Å². The molecule has 0 unspecified atom stereocenters. The third-order valence-electron chi connectivity index (χ3n) is 6.17. The van der Waals surface area contributed by atoms with E-state index >= 15 is 0 Å². The van der Waals surface area contributed by atoms with E-state index in [1.165, 1.54) is 4.57 Å². The van der Waals surface area contributed by atoms with Gasteiger partial charge in [-0.1, -0.05) is 12.1 Å². The van der Waals surface area contributed by atoms with E-state index in [0.717, 1.165) is 70.8 Å². The van der Waals surface area contributed by atoms with Crippen LogP contribution in [0.4, 0.5) is 5.82 Å². The van der Waals surface area contributed by atoms with Crippen LogP contribution in [-0.2, 0) is 7.05 Å². The van der Waals surface area contributed by atoms with E-state index in [-0.39, 0.29) is 11.1 Å². The summed E-state index contributed by atoms with van der Waals surface area (Å²) in [5.74, 6) is 1.01. The van der Waals surface area contributed by atoms with Crippen LogP contribution in [0.25, 0.3) is 33.3 Å². The fourth-order valence-electron chi connectivity index (χ4n) is 4.37. The summed E-state index contributed by atoms with van der Waals surface area (Å²) >= 11 is 0. The minimum absolute atomic E-state index is 0.138. The predicted octanol–water partition coefficient (Wildman–Crippen LogP) is 3.19. The molecule has 7 nitrogen and oxygen atoms in total. The van der Waals surface area contributed by atoms with E-state index in [0.29, 0.717) is 0 Å². The van der Waals surface area contributed by atoms with Gasteiger partial charge in [-0.2, -0.15) is 5.26 Å². The molecule has 2 N–H and O–H groups in total. The first-order valence-electron chi connectivity index (χ1n) is 10.7. The molecule has 1 aliphatic rings. The van der Waals surface area contributed by atoms with Crippen LogP contribution >= 0.6 is 0 Å². The molecule has 5 rings (SSSR count). The van der Waals surface area contributed by atoms with E-state index < -0.39 is 0 Å². The Morgan fingerprint density at radius 1 is 1.06 bits per heavy atom. The number of H-pyrrole nitrogens is 1. The molecule has 0 spiro atoms. The van der Waals surface area contributed by atoms with Crippen LogP contribution in [0.5, 0.6) is 0 Å². The van der Waals surface area contributed by atoms with Crippen molar-refractivity contribution >= 4 is 16.7 Å². The van der Waals surface area contributed by atoms with Crippen LogP contribution in [0.3, 0.4) is 0 Å². The lowest BCUT2D eigenvalue weighted by atomic mass is 10.0. The van der Waals surface area contributed by atoms with Crippen molar-refractivity contribution in [3.05, 3.63) is 70.3 Å². The number of benzene rings is 1. The lowest BCUT2D eigenvalue weighted by Crippen LogP contribution is -2.43. The summed E-state index contributed by atoms with van der Waals surface area (Å²) in [6, 6.07) is 14.2. The number of fused-ring (bicyclic) bond motifs is 1. The van der Waals surface area contributed by atoms with Crippen LogP contribution < -0.4 is 15.8 Å². The molecule has 0 atom stereocenters. The van der Waals surface area contributed by atoms with Crippen LogP contribution in [0, 0.1) is 18.3 Å². The Morgan fingerprint density at radius 2 is 1.84 bits per heavy atom. The molecule has 4 aromatic rings. The summed E-state index contributed by atoms with van der Waals surface area (Å²) in [5.41, 5.74) is 5.83. The van der Waals surface area contributed by atoms with Gasteiger partial charge in [0.1, 0.15) is 17.5 Å². The predicted molar refractivity (Wildman–Crippen MR) is 127 cm³/mol. The molecule has 1 aliphatic heterocycles. The van der Waals surface area contributed by atoms with Gasteiger partial charge < -0.3 is 19.8 Å². The maximum absolute atomic E-state index is 12.1. The van der Waals surface area contributed by atoms with Gasteiger partial charge in [-0.3, -0.25) is 4.79 Å². The highest BCUT2D eigenvalue weighted by atomic mass is 16.1. The third kappa shape index (κ3) is 3.45. The highest BCUT2D eigenvalue weighted by molar-refractivity contribution is 5.93. The van der Waals surface area contributed by atoms with Crippen LogP contribution in [-0.4, -0.2) is 40.7 Å². The Balaban J connectivity index is 1.51. The zero-order valence-corrected chi connectivity index (χ0v) is 18.1. The lowest BCUT2D eigenvalue weighted by Gasteiger charge is -2.28. The first kappa shape index (κ1) is 20.0. The molecule has 1 saturated heterocycles. The van der Waals surface area contributed by atoms with Gasteiger partial charge in [-0.25, -0.2) is 4.98 Å². The fraction of sp³-hybridized carbons (Fsp3) is 0.240. The summed E-state index contributed by atoms with van der Waals surface area (Å²) in [7, 11) is 1.67. The number of aromatic nitrogens is 3. The summed E-state index contributed by atoms with van der Waals surface area (Å²) in [6.07, 6.45) is 3.70. The minimum atomic E-state index is -0.288. The maximum Gasteiger partial charge on any atom is 0.268 e. The molecule has 0 amide bonds. The van der Waals surface area contributed by atoms with Gasteiger partial charge in [0.05, 0.1) is 5.69 Å². The summed E-state index contributed by atoms with van der Waals surface area (Å²) in [5, 5.41) is 13.8. The highest BCUT2D eigenvalue weighted by Crippen LogP contribution is 2.32. The zero-order valence-electron chi connectivity index (χ0n) is 18.1. The number of nitrogens with one attached hydrogen (secondary N) is 2. The van der Waals surface area contributed by atoms with Gasteiger partial charge in [0.25, 0.3) is 5.56 Å². The number of rotatable bonds is 3. The average Bonchev–Trinajstić information content (AvgIpc) is 3.17. The summed E-state index contributed by atoms with van der Waals surface area (Å²) in [4.78, 5) is 22.6. The zero-order chi connectivity index (χ0) is 22.2. The molecule has 4 heterocycles. The fourth-order valence-corrected chi connectivity index (χ4v) is 4.37. The second-order valence-corrected chi connectivity index (χ2v) is 8.20. The largest absolute Gasteiger partial charge is 0.354 e. The lowest BCUT2D eigenvalue weighted by molar-refractivity contribution is 0.585. The molecule has 0 aliphatic carbocycles. The number of anilines is 1. The number of hydrogen-bond donors (Lipinski definition) is 2. The molecule has 1 aromatic carbocycles. The van der Waals surface area contributed by atoms with E-state index in [9.17, 15) is 10.1 Å². The SMILES string of the molecule is Cc1c(-c2cc(C#N)c(=O)n(C)c2)[nH]c2cc(-c3ccc(N4CCNCC4)nc3)ccc12. The molecule has 3 aromatic heterocycles. The van der Waals surface area contributed by atoms with Crippen molar-refractivity contribution in [1.29, 1.82) is 5.26 Å². The number of piperazine rings is 1. The topological polar surface area (TPSA) is 89.7 Å². The van der Waals surface area contributed by atoms with Crippen molar-refractivity contribution in [1.82, 2.24) is 19.9 Å². The molecule has 0 bridgehead atoms. The molecule has 0 radical (unpaired) electrons. The standard InChI is InChI=1S/C25H24N6O/c1-16-21-5-3-17(18-4-6-23(28-14-18)31-9-7-27-8-10-31)12-22(21)29-24(16)20-11-19(13-26)25(32)30(2)15-20/h3-6,11-12,14-15,27,29H,7-10H2,1-2H3. The quantitative estimate of drug-likeness (QED) is 0.527. The van der Waals surface area contributed by atoms with Crippen molar-refractivity contribution in [3.8, 4) is 28.5 Å². The maximum atomic E-state index is 12.1. The summed E-state index contributed by atoms with van der Waals surface area (Å²) in [6.45, 7) is 5.97. The monoisotopic (exact) mass is 424 g/mol. The van der Waals surface area contributed by atoms with Gasteiger partial charge in [0, 0.05) is 67.7 Å². The van der Waals surface area contributed by atoms with E-state index in [1.54, 1.807) is 19.3 Å². The first-order valence-corrected chi connectivity index (χ1v) is 10.7. The van der Waals surface area contributed by atoms with Gasteiger partial charge in [0.15, 0.2) is 0 Å². The highest BCUT2D eigenvalue weighted by Gasteiger charge is 2.14. The molecular formula is C25H24N6O. The van der Waals surface area contributed by atoms with E-state index in [1.807, 2.05) is 12.3 Å². The minimum Gasteiger partial charge on any atom is -0.354 e. The van der Waals surface area contributed by atoms with Gasteiger partial charge in [-0.05, 0) is 42.3 Å². The van der Waals surface area contributed by atoms with Crippen molar-refractivity contribution in [2.24, 2.45) is 7.05 Å². The molecule has 0 saturated carbocycles. The number of aryl methyl sites for hydroxylation is 2. The van der Waals surface area contributed by atoms with E-state index in [4.69, 9.17) is 4.98 Å². The second-order valence-electron chi connectivity index (χ2n) is 8.20. The third-order valence-corrected chi connectivity index (χ3v) is 6.17. The Kier molecular flexibility index (Phi) is 5.00. The van der Waals surface area contributed by atoms with Crippen LogP contribution in [0.2, 0.25) is 0 Å². The summed E-state index contributed by atoms with van der Waals surface area (Å²) < 4.78 is 1.45. The molecule has 7 heteroatoms. The Morgan fingerprint density at radius 3 is 2.56 bits per heavy atom. The Bertz CT molecular complexity index is 1400. The molecule has 160 valence electrons. The molecule has 32 heavy (non-hydrogen) atoms. The van der Waals surface area contributed by atoms with Crippen LogP contribution in [0.1, 0.15) is 11.1 Å². The van der Waals surface area contributed by atoms with Crippen molar-refractivity contribution < 1.29 is 0 Å². The number of hydrogen-bond acceptors (Lipinski definition) is 5. The number of nitriles is 1. The van der Waals surface area contributed by atoms with Crippen molar-refractivity contribution in [2.45, 2.75) is 6.92 Å². The number of nitrogens with zero attached hydrogens (tertiary/aromatic N) is 4. The number of pyridine rings is 2. The normalized spacial score (nSPS) is 14.0. The molecular weight excluding hydrogens is 400 g/mol. The van der Waals surface area contributed by atoms with Crippen molar-refractivity contribution in [2.75, 3.05) is 31.1 Å². The first-order chi connectivity index (χ1) is 15.5. The Hall–Kier alpha value is -3.89.